The summed E-state index contributed by atoms with van der Waals surface area (Å²) in [6.45, 7) is 0. The molecule has 0 aliphatic heterocycles. The molecule has 5 nitrogen and oxygen atoms in total. The molecular formula is C19H24O5. The molecule has 5 heteroatoms. The molecule has 2 aromatic carbocycles. The lowest BCUT2D eigenvalue weighted by Crippen LogP contribution is -2.00. The summed E-state index contributed by atoms with van der Waals surface area (Å²) in [5.41, 5.74) is 2.13. The number of phenolic OH excluding ortho intramolecular Hbond substituents is 1. The molecule has 0 bridgehead atoms. The highest BCUT2D eigenvalue weighted by molar-refractivity contribution is 5.55. The largest absolute Gasteiger partial charge is 0.504 e. The van der Waals surface area contributed by atoms with Gasteiger partial charge in [0, 0.05) is 0 Å². The van der Waals surface area contributed by atoms with Crippen molar-refractivity contribution in [2.45, 2.75) is 19.3 Å². The first-order valence-corrected chi connectivity index (χ1v) is 7.78. The van der Waals surface area contributed by atoms with Gasteiger partial charge in [-0.05, 0) is 48.6 Å². The van der Waals surface area contributed by atoms with Crippen LogP contribution >= 0.6 is 0 Å². The van der Waals surface area contributed by atoms with E-state index in [-0.39, 0.29) is 5.75 Å². The van der Waals surface area contributed by atoms with Crippen LogP contribution in [0.3, 0.4) is 0 Å². The van der Waals surface area contributed by atoms with Gasteiger partial charge in [-0.2, -0.15) is 0 Å². The standard InChI is InChI=1S/C19H24O5/c1-21-16-10-8-13(12-15(16)20)6-5-7-14-9-11-17(22-2)19(24-4)18(14)23-3/h8-12,20H,5-7H2,1-4H3. The van der Waals surface area contributed by atoms with Gasteiger partial charge in [-0.3, -0.25) is 0 Å². The van der Waals surface area contributed by atoms with Gasteiger partial charge < -0.3 is 24.1 Å². The highest BCUT2D eigenvalue weighted by atomic mass is 16.5. The van der Waals surface area contributed by atoms with Crippen molar-refractivity contribution in [2.75, 3.05) is 28.4 Å². The molecule has 0 radical (unpaired) electrons. The molecule has 0 unspecified atom stereocenters. The second-order valence-corrected chi connectivity index (χ2v) is 5.35. The number of aryl methyl sites for hydroxylation is 2. The Labute approximate surface area is 142 Å². The molecule has 1 N–H and O–H groups in total. The zero-order valence-corrected chi connectivity index (χ0v) is 14.6. The van der Waals surface area contributed by atoms with E-state index in [0.717, 1.165) is 30.4 Å². The number of hydrogen-bond donors (Lipinski definition) is 1. The summed E-state index contributed by atoms with van der Waals surface area (Å²) in [6.07, 6.45) is 2.59. The van der Waals surface area contributed by atoms with Gasteiger partial charge >= 0.3 is 0 Å². The zero-order valence-electron chi connectivity index (χ0n) is 14.6. The highest BCUT2D eigenvalue weighted by Gasteiger charge is 2.15. The summed E-state index contributed by atoms with van der Waals surface area (Å²) >= 11 is 0. The Bertz CT molecular complexity index is 682. The average molecular weight is 332 g/mol. The van der Waals surface area contributed by atoms with Crippen LogP contribution in [-0.2, 0) is 12.8 Å². The maximum absolute atomic E-state index is 9.84. The molecule has 2 rings (SSSR count). The summed E-state index contributed by atoms with van der Waals surface area (Å²) in [6, 6.07) is 9.36. The minimum Gasteiger partial charge on any atom is -0.504 e. The van der Waals surface area contributed by atoms with Crippen molar-refractivity contribution in [3.63, 3.8) is 0 Å². The average Bonchev–Trinajstić information content (AvgIpc) is 2.61. The van der Waals surface area contributed by atoms with E-state index in [0.29, 0.717) is 23.0 Å². The predicted molar refractivity (Wildman–Crippen MR) is 92.8 cm³/mol. The molecule has 0 aromatic heterocycles. The van der Waals surface area contributed by atoms with Gasteiger partial charge in [-0.25, -0.2) is 0 Å². The molecule has 0 saturated heterocycles. The summed E-state index contributed by atoms with van der Waals surface area (Å²) in [5.74, 6) is 2.62. The minimum absolute atomic E-state index is 0.165. The van der Waals surface area contributed by atoms with E-state index in [9.17, 15) is 5.11 Å². The van der Waals surface area contributed by atoms with Crippen LogP contribution in [0.2, 0.25) is 0 Å². The van der Waals surface area contributed by atoms with Crippen LogP contribution < -0.4 is 18.9 Å². The maximum atomic E-state index is 9.84. The van der Waals surface area contributed by atoms with E-state index < -0.39 is 0 Å². The van der Waals surface area contributed by atoms with Crippen molar-refractivity contribution in [2.24, 2.45) is 0 Å². The van der Waals surface area contributed by atoms with E-state index in [1.54, 1.807) is 33.5 Å². The molecular weight excluding hydrogens is 308 g/mol. The smallest absolute Gasteiger partial charge is 0.203 e. The van der Waals surface area contributed by atoms with Crippen molar-refractivity contribution in [3.05, 3.63) is 41.5 Å². The van der Waals surface area contributed by atoms with E-state index in [1.807, 2.05) is 18.2 Å². The Morgan fingerprint density at radius 1 is 0.750 bits per heavy atom. The maximum Gasteiger partial charge on any atom is 0.203 e. The Morgan fingerprint density at radius 3 is 2.00 bits per heavy atom. The number of benzene rings is 2. The Hall–Kier alpha value is -2.56. The number of rotatable bonds is 8. The second-order valence-electron chi connectivity index (χ2n) is 5.35. The summed E-state index contributed by atoms with van der Waals surface area (Å²) in [7, 11) is 6.37. The topological polar surface area (TPSA) is 57.2 Å². The van der Waals surface area contributed by atoms with Crippen LogP contribution in [0.1, 0.15) is 17.5 Å². The lowest BCUT2D eigenvalue weighted by Gasteiger charge is -2.15. The molecule has 0 aliphatic carbocycles. The molecule has 0 amide bonds. The quantitative estimate of drug-likeness (QED) is 0.800. The number of ether oxygens (including phenoxy) is 4. The van der Waals surface area contributed by atoms with Crippen molar-refractivity contribution in [1.29, 1.82) is 0 Å². The van der Waals surface area contributed by atoms with Crippen molar-refractivity contribution >= 4 is 0 Å². The van der Waals surface area contributed by atoms with Gasteiger partial charge in [0.1, 0.15) is 0 Å². The van der Waals surface area contributed by atoms with Crippen LogP contribution in [0.4, 0.5) is 0 Å². The lowest BCUT2D eigenvalue weighted by atomic mass is 10.0. The van der Waals surface area contributed by atoms with Crippen LogP contribution in [-0.4, -0.2) is 33.5 Å². The Balaban J connectivity index is 2.08. The second kappa shape index (κ2) is 8.34. The van der Waals surface area contributed by atoms with Gasteiger partial charge in [0.05, 0.1) is 28.4 Å². The summed E-state index contributed by atoms with van der Waals surface area (Å²) in [5, 5.41) is 9.84. The molecule has 130 valence electrons. The first kappa shape index (κ1) is 17.8. The number of hydrogen-bond acceptors (Lipinski definition) is 5. The molecule has 0 aliphatic rings. The van der Waals surface area contributed by atoms with Gasteiger partial charge in [-0.15, -0.1) is 0 Å². The molecule has 0 atom stereocenters. The SMILES string of the molecule is COc1ccc(CCCc2ccc(OC)c(OC)c2OC)cc1O. The fourth-order valence-electron chi connectivity index (χ4n) is 2.73. The summed E-state index contributed by atoms with van der Waals surface area (Å²) in [4.78, 5) is 0. The molecule has 0 saturated carbocycles. The Kier molecular flexibility index (Phi) is 6.18. The van der Waals surface area contributed by atoms with Crippen molar-refractivity contribution in [3.8, 4) is 28.7 Å². The van der Waals surface area contributed by atoms with E-state index in [1.165, 1.54) is 7.11 Å². The predicted octanol–water partition coefficient (Wildman–Crippen LogP) is 3.60. The first-order chi connectivity index (χ1) is 11.6. The van der Waals surface area contributed by atoms with Crippen LogP contribution in [0.15, 0.2) is 30.3 Å². The number of aromatic hydroxyl groups is 1. The third kappa shape index (κ3) is 3.85. The highest BCUT2D eigenvalue weighted by Crippen LogP contribution is 2.40. The summed E-state index contributed by atoms with van der Waals surface area (Å²) < 4.78 is 21.3. The fourth-order valence-corrected chi connectivity index (χ4v) is 2.73. The lowest BCUT2D eigenvalue weighted by molar-refractivity contribution is 0.322. The molecule has 0 spiro atoms. The third-order valence-electron chi connectivity index (χ3n) is 3.94. The number of phenols is 1. The van der Waals surface area contributed by atoms with Gasteiger partial charge in [0.2, 0.25) is 5.75 Å². The molecule has 0 fully saturated rings. The molecule has 2 aromatic rings. The minimum atomic E-state index is 0.165. The monoisotopic (exact) mass is 332 g/mol. The van der Waals surface area contributed by atoms with Crippen molar-refractivity contribution < 1.29 is 24.1 Å². The van der Waals surface area contributed by atoms with Gasteiger partial charge in [0.15, 0.2) is 23.0 Å². The van der Waals surface area contributed by atoms with E-state index in [2.05, 4.69) is 0 Å². The fraction of sp³-hybridized carbons (Fsp3) is 0.368. The van der Waals surface area contributed by atoms with E-state index >= 15 is 0 Å². The molecule has 0 heterocycles. The van der Waals surface area contributed by atoms with Crippen LogP contribution in [0.5, 0.6) is 28.7 Å². The first-order valence-electron chi connectivity index (χ1n) is 7.78. The zero-order chi connectivity index (χ0) is 17.5. The Morgan fingerprint density at radius 2 is 1.42 bits per heavy atom. The van der Waals surface area contributed by atoms with Crippen LogP contribution in [0, 0.1) is 0 Å². The van der Waals surface area contributed by atoms with Crippen LogP contribution in [0.25, 0.3) is 0 Å². The number of methoxy groups -OCH3 is 4. The van der Waals surface area contributed by atoms with Gasteiger partial charge in [-0.1, -0.05) is 12.1 Å². The van der Waals surface area contributed by atoms with E-state index in [4.69, 9.17) is 18.9 Å². The van der Waals surface area contributed by atoms with Gasteiger partial charge in [0.25, 0.3) is 0 Å². The van der Waals surface area contributed by atoms with Crippen molar-refractivity contribution in [1.82, 2.24) is 0 Å². The third-order valence-corrected chi connectivity index (χ3v) is 3.94. The normalized spacial score (nSPS) is 10.3. The molecule has 24 heavy (non-hydrogen) atoms.